The molecular formula is C18H19N5O2. The van der Waals surface area contributed by atoms with Crippen molar-refractivity contribution in [2.24, 2.45) is 0 Å². The zero-order chi connectivity index (χ0) is 17.1. The van der Waals surface area contributed by atoms with E-state index in [1.807, 2.05) is 24.3 Å². The highest BCUT2D eigenvalue weighted by molar-refractivity contribution is 5.90. The van der Waals surface area contributed by atoms with Crippen LogP contribution in [0.3, 0.4) is 0 Å². The molecule has 3 aromatic rings. The molecule has 0 radical (unpaired) electrons. The summed E-state index contributed by atoms with van der Waals surface area (Å²) >= 11 is 0. The standard InChI is InChI=1S/C18H19N5O2/c24-16(21-15-11-19-13-7-3-4-8-14(13)20-15)9-10-17-22-18(23-25-17)12-5-1-2-6-12/h3-4,7-8,11-12H,1-2,5-6,9-10H2,(H,20,21,24). The molecule has 1 fully saturated rings. The lowest BCUT2D eigenvalue weighted by Crippen LogP contribution is -2.13. The molecule has 0 saturated heterocycles. The molecule has 7 nitrogen and oxygen atoms in total. The summed E-state index contributed by atoms with van der Waals surface area (Å²) in [6.07, 6.45) is 6.95. The molecule has 0 unspecified atom stereocenters. The Hall–Kier alpha value is -2.83. The van der Waals surface area contributed by atoms with Crippen LogP contribution in [-0.2, 0) is 11.2 Å². The second kappa shape index (κ2) is 6.96. The molecule has 1 N–H and O–H groups in total. The highest BCUT2D eigenvalue weighted by Crippen LogP contribution is 2.32. The fourth-order valence-electron chi connectivity index (χ4n) is 3.16. The summed E-state index contributed by atoms with van der Waals surface area (Å²) in [5.74, 6) is 2.01. The summed E-state index contributed by atoms with van der Waals surface area (Å²) in [7, 11) is 0. The van der Waals surface area contributed by atoms with Crippen LogP contribution in [0.25, 0.3) is 11.0 Å². The molecule has 1 aliphatic carbocycles. The Kier molecular flexibility index (Phi) is 4.37. The van der Waals surface area contributed by atoms with Crippen LogP contribution in [0.15, 0.2) is 35.0 Å². The van der Waals surface area contributed by atoms with Crippen molar-refractivity contribution in [1.82, 2.24) is 20.1 Å². The first-order valence-electron chi connectivity index (χ1n) is 8.62. The number of nitrogens with zero attached hydrogens (tertiary/aromatic N) is 4. The fourth-order valence-corrected chi connectivity index (χ4v) is 3.16. The summed E-state index contributed by atoms with van der Waals surface area (Å²) in [4.78, 5) is 25.2. The normalized spacial score (nSPS) is 14.9. The number of rotatable bonds is 5. The van der Waals surface area contributed by atoms with Gasteiger partial charge in [-0.3, -0.25) is 9.78 Å². The van der Waals surface area contributed by atoms with Crippen LogP contribution in [0, 0.1) is 0 Å². The first-order valence-corrected chi connectivity index (χ1v) is 8.62. The van der Waals surface area contributed by atoms with Gasteiger partial charge < -0.3 is 9.84 Å². The molecule has 1 saturated carbocycles. The Morgan fingerprint density at radius 3 is 2.80 bits per heavy atom. The van der Waals surface area contributed by atoms with Gasteiger partial charge in [0.05, 0.1) is 17.2 Å². The Morgan fingerprint density at radius 1 is 1.16 bits per heavy atom. The molecule has 1 aromatic carbocycles. The van der Waals surface area contributed by atoms with Crippen LogP contribution >= 0.6 is 0 Å². The predicted molar refractivity (Wildman–Crippen MR) is 92.0 cm³/mol. The van der Waals surface area contributed by atoms with Crippen LogP contribution in [0.2, 0.25) is 0 Å². The van der Waals surface area contributed by atoms with Gasteiger partial charge in [-0.2, -0.15) is 4.98 Å². The third kappa shape index (κ3) is 3.65. The molecule has 7 heteroatoms. The molecule has 0 spiro atoms. The Labute approximate surface area is 144 Å². The summed E-state index contributed by atoms with van der Waals surface area (Å²) < 4.78 is 5.27. The number of amides is 1. The molecule has 25 heavy (non-hydrogen) atoms. The van der Waals surface area contributed by atoms with E-state index in [2.05, 4.69) is 25.4 Å². The SMILES string of the molecule is O=C(CCc1nc(C2CCCC2)no1)Nc1cnc2ccccc2n1. The van der Waals surface area contributed by atoms with E-state index in [4.69, 9.17) is 4.52 Å². The number of anilines is 1. The van der Waals surface area contributed by atoms with Gasteiger partial charge in [-0.25, -0.2) is 4.98 Å². The number of nitrogens with one attached hydrogen (secondary N) is 1. The average molecular weight is 337 g/mol. The average Bonchev–Trinajstić information content (AvgIpc) is 3.31. The van der Waals surface area contributed by atoms with Gasteiger partial charge >= 0.3 is 0 Å². The maximum Gasteiger partial charge on any atom is 0.227 e. The molecule has 128 valence electrons. The number of carbonyl (C=O) groups excluding carboxylic acids is 1. The number of benzene rings is 1. The maximum atomic E-state index is 12.1. The van der Waals surface area contributed by atoms with E-state index in [1.54, 1.807) is 6.20 Å². The molecule has 2 heterocycles. The van der Waals surface area contributed by atoms with Crippen molar-refractivity contribution in [2.45, 2.75) is 44.4 Å². The van der Waals surface area contributed by atoms with Crippen LogP contribution < -0.4 is 5.32 Å². The van der Waals surface area contributed by atoms with Crippen molar-refractivity contribution in [3.63, 3.8) is 0 Å². The number of hydrogen-bond acceptors (Lipinski definition) is 6. The minimum Gasteiger partial charge on any atom is -0.339 e. The number of para-hydroxylation sites is 2. The lowest BCUT2D eigenvalue weighted by molar-refractivity contribution is -0.116. The van der Waals surface area contributed by atoms with E-state index in [0.717, 1.165) is 29.7 Å². The van der Waals surface area contributed by atoms with Crippen LogP contribution in [0.1, 0.15) is 49.7 Å². The van der Waals surface area contributed by atoms with Gasteiger partial charge in [0.2, 0.25) is 11.8 Å². The van der Waals surface area contributed by atoms with Gasteiger partial charge in [0.1, 0.15) is 0 Å². The van der Waals surface area contributed by atoms with Crippen LogP contribution in [0.5, 0.6) is 0 Å². The van der Waals surface area contributed by atoms with Gasteiger partial charge in [0.15, 0.2) is 11.6 Å². The monoisotopic (exact) mass is 337 g/mol. The molecular weight excluding hydrogens is 318 g/mol. The van der Waals surface area contributed by atoms with E-state index < -0.39 is 0 Å². The molecule has 1 aliphatic rings. The summed E-state index contributed by atoms with van der Waals surface area (Å²) in [6, 6.07) is 7.53. The van der Waals surface area contributed by atoms with Gasteiger partial charge in [-0.05, 0) is 25.0 Å². The van der Waals surface area contributed by atoms with E-state index in [0.29, 0.717) is 24.0 Å². The van der Waals surface area contributed by atoms with Gasteiger partial charge in [0.25, 0.3) is 0 Å². The Bertz CT molecular complexity index is 886. The van der Waals surface area contributed by atoms with Crippen LogP contribution in [0.4, 0.5) is 5.82 Å². The van der Waals surface area contributed by atoms with Crippen molar-refractivity contribution in [1.29, 1.82) is 0 Å². The number of aryl methyl sites for hydroxylation is 1. The molecule has 4 rings (SSSR count). The fraction of sp³-hybridized carbons (Fsp3) is 0.389. The van der Waals surface area contributed by atoms with Crippen molar-refractivity contribution < 1.29 is 9.32 Å². The highest BCUT2D eigenvalue weighted by atomic mass is 16.5. The second-order valence-corrected chi connectivity index (χ2v) is 6.32. The number of aromatic nitrogens is 4. The number of fused-ring (bicyclic) bond motifs is 1. The molecule has 0 atom stereocenters. The third-order valence-corrected chi connectivity index (χ3v) is 4.49. The third-order valence-electron chi connectivity index (χ3n) is 4.49. The first kappa shape index (κ1) is 15.7. The van der Waals surface area contributed by atoms with Crippen molar-refractivity contribution in [3.05, 3.63) is 42.2 Å². The first-order chi connectivity index (χ1) is 12.3. The lowest BCUT2D eigenvalue weighted by atomic mass is 10.1. The molecule has 0 bridgehead atoms. The molecule has 2 aromatic heterocycles. The van der Waals surface area contributed by atoms with Crippen molar-refractivity contribution in [3.8, 4) is 0 Å². The van der Waals surface area contributed by atoms with E-state index in [1.165, 1.54) is 12.8 Å². The number of carbonyl (C=O) groups is 1. The zero-order valence-corrected chi connectivity index (χ0v) is 13.8. The van der Waals surface area contributed by atoms with Crippen LogP contribution in [-0.4, -0.2) is 26.0 Å². The zero-order valence-electron chi connectivity index (χ0n) is 13.8. The largest absolute Gasteiger partial charge is 0.339 e. The van der Waals surface area contributed by atoms with Gasteiger partial charge in [-0.15, -0.1) is 0 Å². The summed E-state index contributed by atoms with van der Waals surface area (Å²) in [5, 5.41) is 6.82. The smallest absolute Gasteiger partial charge is 0.227 e. The predicted octanol–water partition coefficient (Wildman–Crippen LogP) is 3.24. The minimum atomic E-state index is -0.148. The summed E-state index contributed by atoms with van der Waals surface area (Å²) in [5.41, 5.74) is 1.55. The maximum absolute atomic E-state index is 12.1. The molecule has 1 amide bonds. The Balaban J connectivity index is 1.34. The molecule has 0 aliphatic heterocycles. The number of hydrogen-bond donors (Lipinski definition) is 1. The quantitative estimate of drug-likeness (QED) is 0.768. The minimum absolute atomic E-state index is 0.148. The van der Waals surface area contributed by atoms with E-state index in [9.17, 15) is 4.79 Å². The lowest BCUT2D eigenvalue weighted by Gasteiger charge is -2.04. The Morgan fingerprint density at radius 2 is 1.96 bits per heavy atom. The van der Waals surface area contributed by atoms with Crippen molar-refractivity contribution >= 4 is 22.8 Å². The van der Waals surface area contributed by atoms with Crippen molar-refractivity contribution in [2.75, 3.05) is 5.32 Å². The van der Waals surface area contributed by atoms with E-state index in [-0.39, 0.29) is 12.3 Å². The van der Waals surface area contributed by atoms with Gasteiger partial charge in [0, 0.05) is 18.8 Å². The highest BCUT2D eigenvalue weighted by Gasteiger charge is 2.22. The topological polar surface area (TPSA) is 93.8 Å². The van der Waals surface area contributed by atoms with Gasteiger partial charge in [-0.1, -0.05) is 30.1 Å². The second-order valence-electron chi connectivity index (χ2n) is 6.32. The van der Waals surface area contributed by atoms with E-state index >= 15 is 0 Å². The summed E-state index contributed by atoms with van der Waals surface area (Å²) in [6.45, 7) is 0.